The van der Waals surface area contributed by atoms with Crippen LogP contribution in [0.5, 0.6) is 0 Å². The summed E-state index contributed by atoms with van der Waals surface area (Å²) >= 11 is 0. The van der Waals surface area contributed by atoms with Crippen molar-refractivity contribution < 1.29 is 23.2 Å². The number of ether oxygens (including phenoxy) is 1. The minimum Gasteiger partial charge on any atom is -0.466 e. The Bertz CT molecular complexity index is 908. The van der Waals surface area contributed by atoms with E-state index in [1.54, 1.807) is 25.1 Å². The number of carbonyl (C=O) groups excluding carboxylic acids is 2. The first kappa shape index (κ1) is 19.6. The third kappa shape index (κ3) is 4.18. The zero-order valence-corrected chi connectivity index (χ0v) is 16.5. The fourth-order valence-electron chi connectivity index (χ4n) is 4.09. The molecular weight excluding hydrogens is 375 g/mol. The molecule has 29 heavy (non-hydrogen) atoms. The lowest BCUT2D eigenvalue weighted by molar-refractivity contribution is -0.161. The molecule has 6 nitrogen and oxygen atoms in total. The van der Waals surface area contributed by atoms with Gasteiger partial charge >= 0.3 is 5.97 Å². The van der Waals surface area contributed by atoms with Crippen LogP contribution in [-0.2, 0) is 20.7 Å². The standard InChI is InChI=1S/C22H25FN2O4/c1-2-28-21(27)22(9-4-10-25(14-22)20(26)15-7-8-15)13-18-12-19(24-29-18)16-5-3-6-17(23)11-16/h3,5-6,11-12,15H,2,4,7-10,13-14H2,1H3/t22-/m0/s1. The van der Waals surface area contributed by atoms with Gasteiger partial charge in [-0.3, -0.25) is 9.59 Å². The van der Waals surface area contributed by atoms with Crippen LogP contribution in [0.25, 0.3) is 11.3 Å². The van der Waals surface area contributed by atoms with Gasteiger partial charge in [-0.1, -0.05) is 17.3 Å². The van der Waals surface area contributed by atoms with Gasteiger partial charge in [0.1, 0.15) is 17.3 Å². The summed E-state index contributed by atoms with van der Waals surface area (Å²) in [5.74, 6) is 0.112. The van der Waals surface area contributed by atoms with Crippen LogP contribution in [0, 0.1) is 17.2 Å². The maximum atomic E-state index is 13.5. The normalized spacial score (nSPS) is 21.8. The van der Waals surface area contributed by atoms with Crippen molar-refractivity contribution in [3.8, 4) is 11.3 Å². The summed E-state index contributed by atoms with van der Waals surface area (Å²) in [4.78, 5) is 27.3. The zero-order chi connectivity index (χ0) is 20.4. The van der Waals surface area contributed by atoms with E-state index < -0.39 is 5.41 Å². The van der Waals surface area contributed by atoms with Crippen LogP contribution in [-0.4, -0.2) is 41.6 Å². The molecule has 0 unspecified atom stereocenters. The van der Waals surface area contributed by atoms with Gasteiger partial charge in [0, 0.05) is 37.1 Å². The highest BCUT2D eigenvalue weighted by Gasteiger charge is 2.47. The van der Waals surface area contributed by atoms with Crippen molar-refractivity contribution in [3.05, 3.63) is 41.9 Å². The molecule has 1 atom stereocenters. The van der Waals surface area contributed by atoms with Crippen LogP contribution in [0.3, 0.4) is 0 Å². The lowest BCUT2D eigenvalue weighted by Gasteiger charge is -2.40. The van der Waals surface area contributed by atoms with Gasteiger partial charge in [0.15, 0.2) is 0 Å². The molecule has 1 aromatic heterocycles. The third-order valence-corrected chi connectivity index (χ3v) is 5.72. The molecule has 1 aromatic carbocycles. The second-order valence-electron chi connectivity index (χ2n) is 8.00. The van der Waals surface area contributed by atoms with E-state index in [1.807, 2.05) is 4.90 Å². The maximum Gasteiger partial charge on any atom is 0.314 e. The predicted octanol–water partition coefficient (Wildman–Crippen LogP) is 3.61. The van der Waals surface area contributed by atoms with E-state index in [0.29, 0.717) is 42.9 Å². The van der Waals surface area contributed by atoms with Gasteiger partial charge in [-0.05, 0) is 44.7 Å². The average Bonchev–Trinajstić information content (AvgIpc) is 3.47. The number of hydrogen-bond donors (Lipinski definition) is 0. The molecule has 1 saturated carbocycles. The fourth-order valence-corrected chi connectivity index (χ4v) is 4.09. The van der Waals surface area contributed by atoms with E-state index >= 15 is 0 Å². The predicted molar refractivity (Wildman–Crippen MR) is 103 cm³/mol. The Labute approximate surface area is 169 Å². The summed E-state index contributed by atoms with van der Waals surface area (Å²) in [5.41, 5.74) is 0.275. The zero-order valence-electron chi connectivity index (χ0n) is 16.5. The average molecular weight is 400 g/mol. The van der Waals surface area contributed by atoms with Crippen molar-refractivity contribution in [2.75, 3.05) is 19.7 Å². The molecule has 154 valence electrons. The topological polar surface area (TPSA) is 72.6 Å². The fraction of sp³-hybridized carbons (Fsp3) is 0.500. The minimum atomic E-state index is -0.850. The van der Waals surface area contributed by atoms with E-state index in [-0.39, 0.29) is 30.2 Å². The van der Waals surface area contributed by atoms with Gasteiger partial charge in [-0.2, -0.15) is 0 Å². The van der Waals surface area contributed by atoms with E-state index in [4.69, 9.17) is 9.26 Å². The van der Waals surface area contributed by atoms with Crippen molar-refractivity contribution in [1.29, 1.82) is 0 Å². The number of halogens is 1. The molecule has 7 heteroatoms. The van der Waals surface area contributed by atoms with Gasteiger partial charge < -0.3 is 14.2 Å². The van der Waals surface area contributed by atoms with E-state index in [1.165, 1.54) is 12.1 Å². The summed E-state index contributed by atoms with van der Waals surface area (Å²) < 4.78 is 24.4. The van der Waals surface area contributed by atoms with Gasteiger partial charge in [0.05, 0.1) is 12.0 Å². The van der Waals surface area contributed by atoms with Gasteiger partial charge in [-0.15, -0.1) is 0 Å². The van der Waals surface area contributed by atoms with Crippen LogP contribution in [0.1, 0.15) is 38.4 Å². The maximum absolute atomic E-state index is 13.5. The molecule has 1 saturated heterocycles. The van der Waals surface area contributed by atoms with Crippen molar-refractivity contribution in [3.63, 3.8) is 0 Å². The molecule has 4 rings (SSSR count). The minimum absolute atomic E-state index is 0.109. The smallest absolute Gasteiger partial charge is 0.314 e. The van der Waals surface area contributed by atoms with Crippen molar-refractivity contribution in [2.24, 2.45) is 11.3 Å². The Balaban J connectivity index is 1.57. The highest BCUT2D eigenvalue weighted by Crippen LogP contribution is 2.39. The number of benzene rings is 1. The summed E-state index contributed by atoms with van der Waals surface area (Å²) in [5, 5.41) is 4.05. The van der Waals surface area contributed by atoms with Crippen LogP contribution in [0.2, 0.25) is 0 Å². The summed E-state index contributed by atoms with van der Waals surface area (Å²) in [6, 6.07) is 7.86. The lowest BCUT2D eigenvalue weighted by atomic mass is 9.76. The molecule has 2 aliphatic rings. The quantitative estimate of drug-likeness (QED) is 0.693. The van der Waals surface area contributed by atoms with Crippen molar-refractivity contribution >= 4 is 11.9 Å². The molecule has 0 bridgehead atoms. The highest BCUT2D eigenvalue weighted by atomic mass is 19.1. The van der Waals surface area contributed by atoms with Crippen molar-refractivity contribution in [1.82, 2.24) is 10.1 Å². The van der Waals surface area contributed by atoms with Gasteiger partial charge in [-0.25, -0.2) is 4.39 Å². The van der Waals surface area contributed by atoms with Gasteiger partial charge in [0.25, 0.3) is 0 Å². The molecule has 2 heterocycles. The van der Waals surface area contributed by atoms with Crippen molar-refractivity contribution in [2.45, 2.75) is 39.0 Å². The first-order valence-corrected chi connectivity index (χ1v) is 10.2. The number of carbonyl (C=O) groups is 2. The number of piperidine rings is 1. The lowest BCUT2D eigenvalue weighted by Crippen LogP contribution is -2.52. The number of likely N-dealkylation sites (tertiary alicyclic amines) is 1. The number of rotatable bonds is 6. The van der Waals surface area contributed by atoms with Crippen LogP contribution < -0.4 is 0 Å². The number of nitrogens with zero attached hydrogens (tertiary/aromatic N) is 2. The number of esters is 1. The molecule has 0 N–H and O–H groups in total. The molecular formula is C22H25FN2O4. The molecule has 2 aromatic rings. The van der Waals surface area contributed by atoms with E-state index in [2.05, 4.69) is 5.16 Å². The van der Waals surface area contributed by atoms with Crippen LogP contribution in [0.4, 0.5) is 4.39 Å². The van der Waals surface area contributed by atoms with E-state index in [0.717, 1.165) is 19.3 Å². The number of amides is 1. The SMILES string of the molecule is CCOC(=O)[C@]1(Cc2cc(-c3cccc(F)c3)no2)CCCN(C(=O)C2CC2)C1. The molecule has 0 spiro atoms. The monoisotopic (exact) mass is 400 g/mol. The molecule has 2 fully saturated rings. The Kier molecular flexibility index (Phi) is 5.39. The summed E-state index contributed by atoms with van der Waals surface area (Å²) in [6.07, 6.45) is 3.52. The Morgan fingerprint density at radius 1 is 1.34 bits per heavy atom. The van der Waals surface area contributed by atoms with E-state index in [9.17, 15) is 14.0 Å². The first-order chi connectivity index (χ1) is 14.0. The summed E-state index contributed by atoms with van der Waals surface area (Å²) in [6.45, 7) is 3.05. The van der Waals surface area contributed by atoms with Crippen LogP contribution >= 0.6 is 0 Å². The number of hydrogen-bond acceptors (Lipinski definition) is 5. The Hall–Kier alpha value is -2.70. The Morgan fingerprint density at radius 2 is 2.17 bits per heavy atom. The largest absolute Gasteiger partial charge is 0.466 e. The summed E-state index contributed by atoms with van der Waals surface area (Å²) in [7, 11) is 0. The first-order valence-electron chi connectivity index (χ1n) is 10.2. The second-order valence-corrected chi connectivity index (χ2v) is 8.00. The Morgan fingerprint density at radius 3 is 2.90 bits per heavy atom. The van der Waals surface area contributed by atoms with Gasteiger partial charge in [0.2, 0.25) is 5.91 Å². The molecule has 1 aliphatic heterocycles. The molecule has 1 aliphatic carbocycles. The van der Waals surface area contributed by atoms with Crippen LogP contribution in [0.15, 0.2) is 34.9 Å². The second kappa shape index (κ2) is 7.97. The third-order valence-electron chi connectivity index (χ3n) is 5.72. The molecule has 0 radical (unpaired) electrons. The number of aromatic nitrogens is 1. The highest BCUT2D eigenvalue weighted by molar-refractivity contribution is 5.83. The molecule has 1 amide bonds.